The molecular formula is C35H38N4O13. The number of nitrogens with one attached hydrogen (secondary N) is 2. The molecular weight excluding hydrogens is 684 g/mol. The quantitative estimate of drug-likeness (QED) is 0.177. The number of aliphatic hydroxyl groups excluding tert-OH is 1. The molecule has 0 radical (unpaired) electrons. The van der Waals surface area contributed by atoms with Crippen molar-refractivity contribution in [2.45, 2.75) is 51.1 Å². The van der Waals surface area contributed by atoms with Crippen LogP contribution in [-0.2, 0) is 28.7 Å². The number of aliphatic hydroxyl groups is 1. The number of amides is 8. The van der Waals surface area contributed by atoms with Crippen LogP contribution in [-0.4, -0.2) is 120 Å². The molecule has 2 saturated heterocycles. The average molecular weight is 723 g/mol. The van der Waals surface area contributed by atoms with E-state index >= 15 is 0 Å². The van der Waals surface area contributed by atoms with Gasteiger partial charge in [-0.3, -0.25) is 58.8 Å². The lowest BCUT2D eigenvalue weighted by atomic mass is 10.0. The third kappa shape index (κ3) is 8.33. The van der Waals surface area contributed by atoms with Crippen LogP contribution in [0.15, 0.2) is 36.4 Å². The topological polar surface area (TPSA) is 224 Å². The van der Waals surface area contributed by atoms with Crippen molar-refractivity contribution in [1.29, 1.82) is 0 Å². The molecule has 0 saturated carbocycles. The molecule has 8 amide bonds. The summed E-state index contributed by atoms with van der Waals surface area (Å²) in [7, 11) is 0. The summed E-state index contributed by atoms with van der Waals surface area (Å²) in [5.41, 5.74) is 0.790. The van der Waals surface area contributed by atoms with Crippen LogP contribution in [0.25, 0.3) is 0 Å². The van der Waals surface area contributed by atoms with E-state index in [1.807, 2.05) is 6.92 Å². The first-order chi connectivity index (χ1) is 25.0. The molecule has 2 aromatic carbocycles. The summed E-state index contributed by atoms with van der Waals surface area (Å²) in [5, 5.41) is 12.9. The predicted octanol–water partition coefficient (Wildman–Crippen LogP) is 0.369. The number of rotatable bonds is 14. The molecule has 4 aliphatic heterocycles. The van der Waals surface area contributed by atoms with Crippen molar-refractivity contribution in [2.24, 2.45) is 0 Å². The normalized spacial score (nSPS) is 19.6. The van der Waals surface area contributed by atoms with Gasteiger partial charge >= 0.3 is 0 Å². The van der Waals surface area contributed by atoms with Gasteiger partial charge in [-0.2, -0.15) is 0 Å². The summed E-state index contributed by atoms with van der Waals surface area (Å²) in [6, 6.07) is 7.16. The Balaban J connectivity index is 0.000000201. The third-order valence-electron chi connectivity index (χ3n) is 8.40. The molecule has 276 valence electrons. The van der Waals surface area contributed by atoms with E-state index in [1.54, 1.807) is 12.1 Å². The predicted molar refractivity (Wildman–Crippen MR) is 176 cm³/mol. The smallest absolute Gasteiger partial charge is 0.262 e. The van der Waals surface area contributed by atoms with Gasteiger partial charge in [0, 0.05) is 19.4 Å². The largest absolute Gasteiger partial charge is 0.491 e. The van der Waals surface area contributed by atoms with Gasteiger partial charge in [-0.05, 0) is 55.7 Å². The Morgan fingerprint density at radius 2 is 1.02 bits per heavy atom. The van der Waals surface area contributed by atoms with Crippen molar-refractivity contribution in [3.05, 3.63) is 58.7 Å². The minimum Gasteiger partial charge on any atom is -0.491 e. The Morgan fingerprint density at radius 3 is 1.42 bits per heavy atom. The Kier molecular flexibility index (Phi) is 12.4. The van der Waals surface area contributed by atoms with Gasteiger partial charge in [0.15, 0.2) is 0 Å². The van der Waals surface area contributed by atoms with Gasteiger partial charge in [0.05, 0.1) is 48.7 Å². The number of nitrogens with zero attached hydrogens (tertiary/aromatic N) is 2. The zero-order chi connectivity index (χ0) is 37.4. The van der Waals surface area contributed by atoms with Crippen molar-refractivity contribution in [2.75, 3.05) is 46.2 Å². The summed E-state index contributed by atoms with van der Waals surface area (Å²) in [6.07, 6.45) is 1.34. The lowest BCUT2D eigenvalue weighted by Crippen LogP contribution is -2.54. The van der Waals surface area contributed by atoms with Gasteiger partial charge in [-0.15, -0.1) is 0 Å². The maximum Gasteiger partial charge on any atom is 0.262 e. The van der Waals surface area contributed by atoms with E-state index in [4.69, 9.17) is 24.1 Å². The number of hydrogen-bond donors (Lipinski definition) is 3. The first-order valence-electron chi connectivity index (χ1n) is 16.8. The second kappa shape index (κ2) is 17.1. The van der Waals surface area contributed by atoms with Crippen LogP contribution in [0.5, 0.6) is 11.5 Å². The number of ether oxygens (including phenoxy) is 4. The molecule has 0 aromatic heterocycles. The average Bonchev–Trinajstić information content (AvgIpc) is 3.51. The molecule has 4 heterocycles. The summed E-state index contributed by atoms with van der Waals surface area (Å²) in [4.78, 5) is 98.8. The maximum atomic E-state index is 12.7. The van der Waals surface area contributed by atoms with Crippen LogP contribution in [0.1, 0.15) is 80.5 Å². The van der Waals surface area contributed by atoms with Crippen LogP contribution in [0, 0.1) is 0 Å². The molecule has 6 rings (SSSR count). The zero-order valence-electron chi connectivity index (χ0n) is 28.3. The number of carbonyl (C=O) groups excluding carboxylic acids is 8. The monoisotopic (exact) mass is 722 g/mol. The highest BCUT2D eigenvalue weighted by Crippen LogP contribution is 2.31. The first-order valence-corrected chi connectivity index (χ1v) is 16.8. The van der Waals surface area contributed by atoms with Crippen LogP contribution in [0.4, 0.5) is 0 Å². The molecule has 0 bridgehead atoms. The second-order valence-corrected chi connectivity index (χ2v) is 12.0. The van der Waals surface area contributed by atoms with Gasteiger partial charge in [-0.25, -0.2) is 0 Å². The Bertz CT molecular complexity index is 1650. The molecule has 17 heteroatoms. The van der Waals surface area contributed by atoms with Crippen LogP contribution in [0.2, 0.25) is 0 Å². The highest BCUT2D eigenvalue weighted by molar-refractivity contribution is 6.24. The van der Waals surface area contributed by atoms with Gasteiger partial charge in [-0.1, -0.05) is 6.92 Å². The van der Waals surface area contributed by atoms with E-state index in [-0.39, 0.29) is 74.4 Å². The van der Waals surface area contributed by atoms with Gasteiger partial charge in [0.25, 0.3) is 23.6 Å². The molecule has 17 nitrogen and oxygen atoms in total. The standard InChI is InChI=1S/C18H20N2O6.C17H18N2O7/c1-2-7-25-8-9-26-11-3-4-12-13(10-11)18(24)20(17(12)23)14-5-6-15(21)19-16(14)22;20-5-6-25-7-8-26-10-1-2-11-12(9-10)17(24)19(16(11)23)13-3-4-14(21)18-15(13)22/h3-4,10,14H,2,5-9H2,1H3,(H,19,21,22);1-2,9,13,20H,3-8H2,(H,18,21,22). The van der Waals surface area contributed by atoms with E-state index in [2.05, 4.69) is 10.6 Å². The van der Waals surface area contributed by atoms with Crippen molar-refractivity contribution in [3.8, 4) is 11.5 Å². The van der Waals surface area contributed by atoms with E-state index < -0.39 is 59.3 Å². The number of imide groups is 4. The summed E-state index contributed by atoms with van der Waals surface area (Å²) < 4.78 is 21.4. The zero-order valence-corrected chi connectivity index (χ0v) is 28.3. The number of fused-ring (bicyclic) bond motifs is 2. The highest BCUT2D eigenvalue weighted by Gasteiger charge is 2.46. The number of benzene rings is 2. The van der Waals surface area contributed by atoms with Gasteiger partial charge in [0.2, 0.25) is 23.6 Å². The Morgan fingerprint density at radius 1 is 0.596 bits per heavy atom. The van der Waals surface area contributed by atoms with Crippen molar-refractivity contribution >= 4 is 47.3 Å². The summed E-state index contributed by atoms with van der Waals surface area (Å²) in [6.45, 7) is 4.05. The van der Waals surface area contributed by atoms with E-state index in [0.717, 1.165) is 16.2 Å². The van der Waals surface area contributed by atoms with E-state index in [9.17, 15) is 38.4 Å². The fourth-order valence-electron chi connectivity index (χ4n) is 5.93. The molecule has 2 atom stereocenters. The fraction of sp³-hybridized carbons (Fsp3) is 0.429. The molecule has 2 fully saturated rings. The number of hydrogen-bond acceptors (Lipinski definition) is 13. The van der Waals surface area contributed by atoms with Gasteiger partial charge in [0.1, 0.15) is 36.8 Å². The lowest BCUT2D eigenvalue weighted by Gasteiger charge is -2.27. The van der Waals surface area contributed by atoms with Crippen LogP contribution < -0.4 is 20.1 Å². The molecule has 0 spiro atoms. The molecule has 0 aliphatic carbocycles. The molecule has 52 heavy (non-hydrogen) atoms. The van der Waals surface area contributed by atoms with Crippen LogP contribution >= 0.6 is 0 Å². The number of piperidine rings is 2. The highest BCUT2D eigenvalue weighted by atomic mass is 16.5. The molecule has 2 aromatic rings. The maximum absolute atomic E-state index is 12.7. The SMILES string of the molecule is CCCOCCOc1ccc2c(c1)C(=O)N(C1CCC(=O)NC1=O)C2=O.O=C1CCC(N2C(=O)c3ccc(OCCOCCO)cc3C2=O)C(=O)N1. The Labute approximate surface area is 297 Å². The second-order valence-electron chi connectivity index (χ2n) is 12.0. The fourth-order valence-corrected chi connectivity index (χ4v) is 5.93. The molecule has 2 unspecified atom stereocenters. The summed E-state index contributed by atoms with van der Waals surface area (Å²) in [5.74, 6) is -3.46. The van der Waals surface area contributed by atoms with E-state index in [0.29, 0.717) is 31.3 Å². The molecule has 4 aliphatic rings. The van der Waals surface area contributed by atoms with E-state index in [1.165, 1.54) is 24.3 Å². The van der Waals surface area contributed by atoms with Crippen molar-refractivity contribution < 1.29 is 62.4 Å². The Hall–Kier alpha value is -5.52. The molecule has 3 N–H and O–H groups in total. The summed E-state index contributed by atoms with van der Waals surface area (Å²) >= 11 is 0. The lowest BCUT2D eigenvalue weighted by molar-refractivity contribution is -0.137. The first kappa shape index (κ1) is 37.7. The minimum atomic E-state index is -0.989. The van der Waals surface area contributed by atoms with Crippen LogP contribution in [0.3, 0.4) is 0 Å². The van der Waals surface area contributed by atoms with Gasteiger partial charge < -0.3 is 24.1 Å². The third-order valence-corrected chi connectivity index (χ3v) is 8.40. The minimum absolute atomic E-state index is 0.0754. The number of carbonyl (C=O) groups is 8. The van der Waals surface area contributed by atoms with Crippen molar-refractivity contribution in [1.82, 2.24) is 20.4 Å². The van der Waals surface area contributed by atoms with Crippen molar-refractivity contribution in [3.63, 3.8) is 0 Å².